The molecule has 5 heteroatoms. The van der Waals surface area contributed by atoms with Crippen molar-refractivity contribution in [3.8, 4) is 17.1 Å². The largest absolute Gasteiger partial charge is 0.491 e. The van der Waals surface area contributed by atoms with Gasteiger partial charge in [-0.1, -0.05) is 49.7 Å². The second-order valence-corrected chi connectivity index (χ2v) is 8.38. The zero-order chi connectivity index (χ0) is 22.0. The van der Waals surface area contributed by atoms with Gasteiger partial charge in [-0.25, -0.2) is 4.98 Å². The van der Waals surface area contributed by atoms with E-state index in [1.165, 1.54) is 5.56 Å². The zero-order valence-corrected chi connectivity index (χ0v) is 18.7. The third-order valence-electron chi connectivity index (χ3n) is 5.42. The predicted molar refractivity (Wildman–Crippen MR) is 127 cm³/mol. The lowest BCUT2D eigenvalue weighted by Crippen LogP contribution is -2.26. The van der Waals surface area contributed by atoms with Gasteiger partial charge in [-0.2, -0.15) is 0 Å². The molecule has 4 aromatic rings. The Kier molecular flexibility index (Phi) is 6.10. The molecule has 158 valence electrons. The average Bonchev–Trinajstić information content (AvgIpc) is 2.77. The van der Waals surface area contributed by atoms with E-state index < -0.39 is 0 Å². The molecule has 0 N–H and O–H groups in total. The number of rotatable bonds is 6. The van der Waals surface area contributed by atoms with Crippen LogP contribution in [0.4, 0.5) is 0 Å². The molecule has 1 heterocycles. The quantitative estimate of drug-likeness (QED) is 0.363. The van der Waals surface area contributed by atoms with E-state index >= 15 is 0 Å². The summed E-state index contributed by atoms with van der Waals surface area (Å²) in [7, 11) is 0. The van der Waals surface area contributed by atoms with Crippen LogP contribution in [-0.4, -0.2) is 16.2 Å². The van der Waals surface area contributed by atoms with E-state index in [9.17, 15) is 4.79 Å². The molecule has 0 radical (unpaired) electrons. The molecule has 0 bridgehead atoms. The third kappa shape index (κ3) is 4.49. The van der Waals surface area contributed by atoms with E-state index in [4.69, 9.17) is 21.3 Å². The van der Waals surface area contributed by atoms with Crippen molar-refractivity contribution in [1.29, 1.82) is 0 Å². The van der Waals surface area contributed by atoms with Gasteiger partial charge in [0, 0.05) is 10.6 Å². The van der Waals surface area contributed by atoms with E-state index in [1.807, 2.05) is 43.3 Å². The smallest absolute Gasteiger partial charge is 0.261 e. The van der Waals surface area contributed by atoms with Crippen LogP contribution >= 0.6 is 11.6 Å². The summed E-state index contributed by atoms with van der Waals surface area (Å²) >= 11 is 6.06. The fraction of sp³-hybridized carbons (Fsp3) is 0.231. The molecule has 0 spiro atoms. The molecule has 0 saturated carbocycles. The van der Waals surface area contributed by atoms with Crippen molar-refractivity contribution in [3.05, 3.63) is 93.2 Å². The van der Waals surface area contributed by atoms with Crippen LogP contribution in [0.1, 0.15) is 30.9 Å². The average molecular weight is 433 g/mol. The molecular formula is C26H25ClN2O2. The SMILES string of the molecule is Cc1ccc(C(C)C)cc1OCCn1c(-c2ccc(Cl)cc2)nc2ccccc2c1=O. The zero-order valence-electron chi connectivity index (χ0n) is 17.9. The molecule has 3 aromatic carbocycles. The Bertz CT molecular complexity index is 1280. The number of fused-ring (bicyclic) bond motifs is 1. The van der Waals surface area contributed by atoms with Crippen molar-refractivity contribution in [1.82, 2.24) is 9.55 Å². The fourth-order valence-corrected chi connectivity index (χ4v) is 3.70. The molecule has 4 nitrogen and oxygen atoms in total. The van der Waals surface area contributed by atoms with Gasteiger partial charge in [0.1, 0.15) is 18.2 Å². The second-order valence-electron chi connectivity index (χ2n) is 7.94. The first-order valence-corrected chi connectivity index (χ1v) is 10.8. The minimum atomic E-state index is -0.0770. The highest BCUT2D eigenvalue weighted by atomic mass is 35.5. The van der Waals surface area contributed by atoms with Gasteiger partial charge in [-0.15, -0.1) is 0 Å². The van der Waals surface area contributed by atoms with Crippen LogP contribution in [-0.2, 0) is 6.54 Å². The number of nitrogens with zero attached hydrogens (tertiary/aromatic N) is 2. The van der Waals surface area contributed by atoms with Crippen molar-refractivity contribution in [3.63, 3.8) is 0 Å². The van der Waals surface area contributed by atoms with Crippen molar-refractivity contribution in [2.45, 2.75) is 33.2 Å². The summed E-state index contributed by atoms with van der Waals surface area (Å²) in [6.45, 7) is 7.10. The molecule has 1 aromatic heterocycles. The van der Waals surface area contributed by atoms with Gasteiger partial charge in [-0.05, 0) is 66.4 Å². The molecule has 0 saturated heterocycles. The Hall–Kier alpha value is -3.11. The van der Waals surface area contributed by atoms with Crippen LogP contribution in [0.3, 0.4) is 0 Å². The Morgan fingerprint density at radius 1 is 1.03 bits per heavy atom. The van der Waals surface area contributed by atoms with Crippen LogP contribution in [0.5, 0.6) is 5.75 Å². The molecule has 4 rings (SSSR count). The lowest BCUT2D eigenvalue weighted by atomic mass is 10.0. The molecule has 0 aliphatic carbocycles. The maximum atomic E-state index is 13.3. The molecular weight excluding hydrogens is 408 g/mol. The number of ether oxygens (including phenoxy) is 1. The standard InChI is InChI=1S/C26H25ClN2O2/c1-17(2)20-9-8-18(3)24(16-20)31-15-14-29-25(19-10-12-21(27)13-11-19)28-23-7-5-4-6-22(23)26(29)30/h4-13,16-17H,14-15H2,1-3H3. The van der Waals surface area contributed by atoms with Gasteiger partial charge in [0.15, 0.2) is 0 Å². The molecule has 0 aliphatic heterocycles. The van der Waals surface area contributed by atoms with Gasteiger partial charge < -0.3 is 4.74 Å². The second kappa shape index (κ2) is 8.94. The summed E-state index contributed by atoms with van der Waals surface area (Å²) in [5.41, 5.74) is 3.74. The highest BCUT2D eigenvalue weighted by Crippen LogP contribution is 2.25. The van der Waals surface area contributed by atoms with Crippen LogP contribution in [0, 0.1) is 6.92 Å². The van der Waals surface area contributed by atoms with Gasteiger partial charge in [0.25, 0.3) is 5.56 Å². The number of aromatic nitrogens is 2. The van der Waals surface area contributed by atoms with E-state index in [0.717, 1.165) is 16.9 Å². The van der Waals surface area contributed by atoms with Crippen molar-refractivity contribution < 1.29 is 4.74 Å². The third-order valence-corrected chi connectivity index (χ3v) is 5.67. The molecule has 0 fully saturated rings. The lowest BCUT2D eigenvalue weighted by Gasteiger charge is -2.16. The van der Waals surface area contributed by atoms with Crippen molar-refractivity contribution in [2.75, 3.05) is 6.61 Å². The number of para-hydroxylation sites is 1. The molecule has 0 amide bonds. The number of aryl methyl sites for hydroxylation is 1. The summed E-state index contributed by atoms with van der Waals surface area (Å²) in [5.74, 6) is 1.88. The minimum absolute atomic E-state index is 0.0770. The van der Waals surface area contributed by atoms with Crippen LogP contribution in [0.2, 0.25) is 5.02 Å². The summed E-state index contributed by atoms with van der Waals surface area (Å²) in [4.78, 5) is 18.1. The number of benzene rings is 3. The van der Waals surface area contributed by atoms with E-state index in [1.54, 1.807) is 16.7 Å². The Morgan fingerprint density at radius 2 is 1.77 bits per heavy atom. The summed E-state index contributed by atoms with van der Waals surface area (Å²) in [6, 6.07) is 21.1. The monoisotopic (exact) mass is 432 g/mol. The van der Waals surface area contributed by atoms with Gasteiger partial charge in [-0.3, -0.25) is 9.36 Å². The molecule has 0 unspecified atom stereocenters. The van der Waals surface area contributed by atoms with Crippen molar-refractivity contribution in [2.24, 2.45) is 0 Å². The fourth-order valence-electron chi connectivity index (χ4n) is 3.57. The maximum absolute atomic E-state index is 13.3. The highest BCUT2D eigenvalue weighted by molar-refractivity contribution is 6.30. The molecule has 31 heavy (non-hydrogen) atoms. The van der Waals surface area contributed by atoms with Gasteiger partial charge in [0.05, 0.1) is 17.4 Å². The van der Waals surface area contributed by atoms with Crippen LogP contribution in [0.15, 0.2) is 71.5 Å². The summed E-state index contributed by atoms with van der Waals surface area (Å²) in [6.07, 6.45) is 0. The Labute approximate surface area is 187 Å². The molecule has 0 aliphatic rings. The summed E-state index contributed by atoms with van der Waals surface area (Å²) < 4.78 is 7.79. The number of hydrogen-bond donors (Lipinski definition) is 0. The normalized spacial score (nSPS) is 11.3. The van der Waals surface area contributed by atoms with Gasteiger partial charge >= 0.3 is 0 Å². The van der Waals surface area contributed by atoms with Crippen molar-refractivity contribution >= 4 is 22.5 Å². The Morgan fingerprint density at radius 3 is 2.52 bits per heavy atom. The topological polar surface area (TPSA) is 44.1 Å². The van der Waals surface area contributed by atoms with Crippen LogP contribution in [0.25, 0.3) is 22.3 Å². The van der Waals surface area contributed by atoms with Crippen LogP contribution < -0.4 is 10.3 Å². The first-order valence-electron chi connectivity index (χ1n) is 10.4. The minimum Gasteiger partial charge on any atom is -0.491 e. The lowest BCUT2D eigenvalue weighted by molar-refractivity contribution is 0.294. The maximum Gasteiger partial charge on any atom is 0.261 e. The van der Waals surface area contributed by atoms with E-state index in [0.29, 0.717) is 40.8 Å². The molecule has 0 atom stereocenters. The first-order chi connectivity index (χ1) is 14.9. The first kappa shape index (κ1) is 21.1. The van der Waals surface area contributed by atoms with E-state index in [2.05, 4.69) is 32.0 Å². The highest BCUT2D eigenvalue weighted by Gasteiger charge is 2.13. The predicted octanol–water partition coefficient (Wildman–Crippen LogP) is 6.23. The van der Waals surface area contributed by atoms with E-state index in [-0.39, 0.29) is 5.56 Å². The number of hydrogen-bond acceptors (Lipinski definition) is 3. The Balaban J connectivity index is 1.69. The number of halogens is 1. The van der Waals surface area contributed by atoms with Gasteiger partial charge in [0.2, 0.25) is 0 Å². The summed E-state index contributed by atoms with van der Waals surface area (Å²) in [5, 5.41) is 1.24.